The zero-order valence-corrected chi connectivity index (χ0v) is 11.2. The molecule has 0 saturated heterocycles. The summed E-state index contributed by atoms with van der Waals surface area (Å²) in [6.45, 7) is 8.99. The molecule has 0 bridgehead atoms. The van der Waals surface area contributed by atoms with Crippen molar-refractivity contribution in [1.29, 1.82) is 0 Å². The molecule has 1 heterocycles. The van der Waals surface area contributed by atoms with Gasteiger partial charge in [-0.25, -0.2) is 4.98 Å². The topological polar surface area (TPSA) is 34.2 Å². The number of aromatic nitrogens is 1. The lowest BCUT2D eigenvalue weighted by Gasteiger charge is -2.11. The molecule has 0 atom stereocenters. The highest BCUT2D eigenvalue weighted by molar-refractivity contribution is 5.43. The Kier molecular flexibility index (Phi) is 6.63. The van der Waals surface area contributed by atoms with Crippen molar-refractivity contribution in [3.8, 4) is 0 Å². The van der Waals surface area contributed by atoms with Gasteiger partial charge >= 0.3 is 0 Å². The molecule has 1 N–H and O–H groups in total. The summed E-state index contributed by atoms with van der Waals surface area (Å²) in [5.41, 5.74) is 1.14. The predicted molar refractivity (Wildman–Crippen MR) is 72.1 cm³/mol. The van der Waals surface area contributed by atoms with Crippen molar-refractivity contribution < 1.29 is 4.74 Å². The molecule has 0 unspecified atom stereocenters. The standard InChI is InChI=1S/C14H24N2O/c1-4-8-15-14-13(6-5-9-16-14)11-17-10-7-12(2)3/h5-6,9,12H,4,7-8,10-11H2,1-3H3,(H,15,16). The minimum Gasteiger partial charge on any atom is -0.377 e. The van der Waals surface area contributed by atoms with Crippen LogP contribution in [0.2, 0.25) is 0 Å². The lowest BCUT2D eigenvalue weighted by Crippen LogP contribution is -2.07. The van der Waals surface area contributed by atoms with E-state index < -0.39 is 0 Å². The average Bonchev–Trinajstić information content (AvgIpc) is 2.33. The summed E-state index contributed by atoms with van der Waals surface area (Å²) in [7, 11) is 0. The molecule has 0 radical (unpaired) electrons. The van der Waals surface area contributed by atoms with E-state index in [4.69, 9.17) is 4.74 Å². The smallest absolute Gasteiger partial charge is 0.131 e. The largest absolute Gasteiger partial charge is 0.377 e. The van der Waals surface area contributed by atoms with Crippen LogP contribution in [0.4, 0.5) is 5.82 Å². The molecule has 17 heavy (non-hydrogen) atoms. The predicted octanol–water partition coefficient (Wildman–Crippen LogP) is 3.47. The van der Waals surface area contributed by atoms with Gasteiger partial charge in [-0.05, 0) is 24.8 Å². The van der Waals surface area contributed by atoms with Crippen molar-refractivity contribution in [2.24, 2.45) is 5.92 Å². The van der Waals surface area contributed by atoms with Gasteiger partial charge in [0.1, 0.15) is 5.82 Å². The van der Waals surface area contributed by atoms with Gasteiger partial charge in [0.15, 0.2) is 0 Å². The Bertz CT molecular complexity index is 313. The molecule has 3 nitrogen and oxygen atoms in total. The number of nitrogens with zero attached hydrogens (tertiary/aromatic N) is 1. The fraction of sp³-hybridized carbons (Fsp3) is 0.643. The Morgan fingerprint density at radius 3 is 2.94 bits per heavy atom. The molecule has 0 aliphatic heterocycles. The molecule has 0 amide bonds. The maximum Gasteiger partial charge on any atom is 0.131 e. The lowest BCUT2D eigenvalue weighted by atomic mass is 10.1. The Hall–Kier alpha value is -1.09. The summed E-state index contributed by atoms with van der Waals surface area (Å²) >= 11 is 0. The van der Waals surface area contributed by atoms with Crippen molar-refractivity contribution in [2.75, 3.05) is 18.5 Å². The van der Waals surface area contributed by atoms with E-state index in [-0.39, 0.29) is 0 Å². The first-order chi connectivity index (χ1) is 8.24. The van der Waals surface area contributed by atoms with Crippen molar-refractivity contribution in [3.05, 3.63) is 23.9 Å². The lowest BCUT2D eigenvalue weighted by molar-refractivity contribution is 0.111. The van der Waals surface area contributed by atoms with E-state index in [1.54, 1.807) is 0 Å². The quantitative estimate of drug-likeness (QED) is 0.702. The SMILES string of the molecule is CCCNc1ncccc1COCCC(C)C. The third kappa shape index (κ3) is 5.68. The highest BCUT2D eigenvalue weighted by Gasteiger charge is 2.02. The van der Waals surface area contributed by atoms with Gasteiger partial charge < -0.3 is 10.1 Å². The van der Waals surface area contributed by atoms with E-state index in [1.165, 1.54) is 0 Å². The Balaban J connectivity index is 2.40. The Morgan fingerprint density at radius 2 is 2.24 bits per heavy atom. The molecule has 0 fully saturated rings. The summed E-state index contributed by atoms with van der Waals surface area (Å²) in [6, 6.07) is 4.03. The van der Waals surface area contributed by atoms with Crippen LogP contribution in [-0.2, 0) is 11.3 Å². The fourth-order valence-corrected chi connectivity index (χ4v) is 1.46. The maximum absolute atomic E-state index is 5.67. The first-order valence-corrected chi connectivity index (χ1v) is 6.49. The molecule has 1 rings (SSSR count). The number of pyridine rings is 1. The molecule has 3 heteroatoms. The van der Waals surface area contributed by atoms with Crippen LogP contribution in [0.5, 0.6) is 0 Å². The molecular formula is C14H24N2O. The first-order valence-electron chi connectivity index (χ1n) is 6.49. The second kappa shape index (κ2) is 8.07. The van der Waals surface area contributed by atoms with Gasteiger partial charge in [-0.15, -0.1) is 0 Å². The zero-order valence-electron chi connectivity index (χ0n) is 11.2. The van der Waals surface area contributed by atoms with Crippen LogP contribution < -0.4 is 5.32 Å². The van der Waals surface area contributed by atoms with Crippen LogP contribution in [0.15, 0.2) is 18.3 Å². The Labute approximate surface area is 105 Å². The molecule has 0 aromatic carbocycles. The summed E-state index contributed by atoms with van der Waals surface area (Å²) in [5, 5.41) is 3.32. The van der Waals surface area contributed by atoms with E-state index >= 15 is 0 Å². The number of rotatable bonds is 8. The second-order valence-corrected chi connectivity index (χ2v) is 4.67. The average molecular weight is 236 g/mol. The molecule has 1 aromatic rings. The minimum absolute atomic E-state index is 0.645. The van der Waals surface area contributed by atoms with Gasteiger partial charge in [-0.3, -0.25) is 0 Å². The third-order valence-electron chi connectivity index (χ3n) is 2.53. The van der Waals surface area contributed by atoms with Gasteiger partial charge in [0.05, 0.1) is 6.61 Å². The van der Waals surface area contributed by atoms with E-state index in [1.807, 2.05) is 12.3 Å². The second-order valence-electron chi connectivity index (χ2n) is 4.67. The molecule has 0 aliphatic carbocycles. The van der Waals surface area contributed by atoms with Crippen LogP contribution in [0.3, 0.4) is 0 Å². The molecule has 0 saturated carbocycles. The molecule has 0 spiro atoms. The summed E-state index contributed by atoms with van der Waals surface area (Å²) < 4.78 is 5.67. The van der Waals surface area contributed by atoms with Gasteiger partial charge in [-0.1, -0.05) is 26.8 Å². The molecular weight excluding hydrogens is 212 g/mol. The van der Waals surface area contributed by atoms with Gasteiger partial charge in [0, 0.05) is 24.9 Å². The zero-order chi connectivity index (χ0) is 12.5. The van der Waals surface area contributed by atoms with Crippen molar-refractivity contribution >= 4 is 5.82 Å². The number of hydrogen-bond acceptors (Lipinski definition) is 3. The summed E-state index contributed by atoms with van der Waals surface area (Å²) in [6.07, 6.45) is 4.03. The first kappa shape index (κ1) is 14.0. The van der Waals surface area contributed by atoms with Crippen molar-refractivity contribution in [1.82, 2.24) is 4.98 Å². The number of hydrogen-bond donors (Lipinski definition) is 1. The highest BCUT2D eigenvalue weighted by atomic mass is 16.5. The van der Waals surface area contributed by atoms with Crippen LogP contribution in [0, 0.1) is 5.92 Å². The van der Waals surface area contributed by atoms with Gasteiger partial charge in [0.2, 0.25) is 0 Å². The molecule has 96 valence electrons. The normalized spacial score (nSPS) is 10.8. The molecule has 1 aromatic heterocycles. The summed E-state index contributed by atoms with van der Waals surface area (Å²) in [5.74, 6) is 1.65. The number of anilines is 1. The fourth-order valence-electron chi connectivity index (χ4n) is 1.46. The van der Waals surface area contributed by atoms with Crippen LogP contribution in [0.25, 0.3) is 0 Å². The van der Waals surface area contributed by atoms with Gasteiger partial charge in [0.25, 0.3) is 0 Å². The monoisotopic (exact) mass is 236 g/mol. The highest BCUT2D eigenvalue weighted by Crippen LogP contribution is 2.13. The van der Waals surface area contributed by atoms with Crippen LogP contribution in [0.1, 0.15) is 39.2 Å². The van der Waals surface area contributed by atoms with Crippen LogP contribution >= 0.6 is 0 Å². The maximum atomic E-state index is 5.67. The minimum atomic E-state index is 0.645. The number of ether oxygens (including phenoxy) is 1. The van der Waals surface area contributed by atoms with E-state index in [9.17, 15) is 0 Å². The van der Waals surface area contributed by atoms with E-state index in [0.717, 1.165) is 37.4 Å². The van der Waals surface area contributed by atoms with E-state index in [0.29, 0.717) is 12.5 Å². The Morgan fingerprint density at radius 1 is 1.41 bits per heavy atom. The van der Waals surface area contributed by atoms with Gasteiger partial charge in [-0.2, -0.15) is 0 Å². The summed E-state index contributed by atoms with van der Waals surface area (Å²) in [4.78, 5) is 4.34. The van der Waals surface area contributed by atoms with E-state index in [2.05, 4.69) is 37.1 Å². The third-order valence-corrected chi connectivity index (χ3v) is 2.53. The van der Waals surface area contributed by atoms with Crippen LogP contribution in [-0.4, -0.2) is 18.1 Å². The molecule has 0 aliphatic rings. The van der Waals surface area contributed by atoms with Crippen molar-refractivity contribution in [2.45, 2.75) is 40.2 Å². The number of nitrogens with one attached hydrogen (secondary N) is 1. The van der Waals surface area contributed by atoms with Crippen molar-refractivity contribution in [3.63, 3.8) is 0 Å².